The van der Waals surface area contributed by atoms with Crippen LogP contribution >= 0.6 is 11.6 Å². The number of anilines is 1. The third-order valence-electron chi connectivity index (χ3n) is 4.43. The summed E-state index contributed by atoms with van der Waals surface area (Å²) in [5, 5.41) is 3.01. The Labute approximate surface area is 177 Å². The molecule has 1 saturated heterocycles. The number of nitrogens with one attached hydrogen (secondary N) is 1. The lowest BCUT2D eigenvalue weighted by atomic mass is 10.2. The summed E-state index contributed by atoms with van der Waals surface area (Å²) in [6, 6.07) is 19.2. The van der Waals surface area contributed by atoms with Crippen LogP contribution in [0.3, 0.4) is 0 Å². The molecule has 7 heteroatoms. The Kier molecular flexibility index (Phi) is 5.50. The van der Waals surface area contributed by atoms with Gasteiger partial charge in [0.25, 0.3) is 5.91 Å². The van der Waals surface area contributed by atoms with Gasteiger partial charge in [0.2, 0.25) is 0 Å². The molecule has 0 aliphatic carbocycles. The number of nitrogens with zero attached hydrogens (tertiary/aromatic N) is 1. The highest BCUT2D eigenvalue weighted by atomic mass is 35.5. The lowest BCUT2D eigenvalue weighted by molar-refractivity contribution is -0.113. The Morgan fingerprint density at radius 3 is 2.50 bits per heavy atom. The van der Waals surface area contributed by atoms with Gasteiger partial charge in [-0.2, -0.15) is 0 Å². The van der Waals surface area contributed by atoms with Gasteiger partial charge in [0.1, 0.15) is 23.9 Å². The van der Waals surface area contributed by atoms with E-state index in [0.717, 1.165) is 10.5 Å². The van der Waals surface area contributed by atoms with E-state index in [1.165, 1.54) is 12.1 Å². The molecule has 5 nitrogen and oxygen atoms in total. The minimum atomic E-state index is -0.538. The molecule has 0 spiro atoms. The first kappa shape index (κ1) is 19.7. The van der Waals surface area contributed by atoms with Gasteiger partial charge < -0.3 is 10.1 Å². The van der Waals surface area contributed by atoms with Gasteiger partial charge in [-0.3, -0.25) is 4.79 Å². The number of hydrogen-bond donors (Lipinski definition) is 1. The van der Waals surface area contributed by atoms with Crippen molar-refractivity contribution in [1.82, 2.24) is 5.32 Å². The minimum absolute atomic E-state index is 0.161. The van der Waals surface area contributed by atoms with E-state index in [0.29, 0.717) is 22.0 Å². The number of ether oxygens (including phenoxy) is 1. The lowest BCUT2D eigenvalue weighted by Gasteiger charge is -2.11. The van der Waals surface area contributed by atoms with Crippen LogP contribution in [0.5, 0.6) is 5.75 Å². The Bertz CT molecular complexity index is 1150. The van der Waals surface area contributed by atoms with Crippen molar-refractivity contribution in [3.05, 3.63) is 100 Å². The number of halogens is 2. The molecule has 150 valence electrons. The van der Waals surface area contributed by atoms with Gasteiger partial charge >= 0.3 is 6.03 Å². The van der Waals surface area contributed by atoms with Gasteiger partial charge in [0.15, 0.2) is 0 Å². The van der Waals surface area contributed by atoms with E-state index in [1.54, 1.807) is 66.7 Å². The fraction of sp³-hybridized carbons (Fsp3) is 0.0435. The van der Waals surface area contributed by atoms with Crippen molar-refractivity contribution in [1.29, 1.82) is 0 Å². The molecule has 1 heterocycles. The normalized spacial score (nSPS) is 14.9. The van der Waals surface area contributed by atoms with Gasteiger partial charge in [-0.1, -0.05) is 41.9 Å². The van der Waals surface area contributed by atoms with Crippen LogP contribution in [0.4, 0.5) is 14.9 Å². The zero-order valence-corrected chi connectivity index (χ0v) is 16.4. The van der Waals surface area contributed by atoms with Crippen molar-refractivity contribution in [2.45, 2.75) is 6.61 Å². The second-order valence-corrected chi connectivity index (χ2v) is 7.03. The standard InChI is InChI=1S/C23H16ClFN2O3/c24-17-4-2-6-19(13-17)27-22(28)21(26-23(27)29)12-15-7-9-20(10-8-15)30-14-16-3-1-5-18(25)11-16/h1-13H,14H2,(H,26,29)/b21-12+. The molecule has 1 N–H and O–H groups in total. The van der Waals surface area contributed by atoms with Crippen molar-refractivity contribution in [3.8, 4) is 5.75 Å². The zero-order chi connectivity index (χ0) is 21.1. The smallest absolute Gasteiger partial charge is 0.333 e. The molecule has 0 bridgehead atoms. The Morgan fingerprint density at radius 1 is 1.00 bits per heavy atom. The summed E-state index contributed by atoms with van der Waals surface area (Å²) in [6.07, 6.45) is 1.58. The average molecular weight is 423 g/mol. The molecule has 0 atom stereocenters. The molecule has 30 heavy (non-hydrogen) atoms. The summed E-state index contributed by atoms with van der Waals surface area (Å²) in [7, 11) is 0. The fourth-order valence-electron chi connectivity index (χ4n) is 3.01. The molecule has 1 aliphatic heterocycles. The molecule has 1 fully saturated rings. The van der Waals surface area contributed by atoms with E-state index < -0.39 is 11.9 Å². The molecule has 3 amide bonds. The first-order valence-corrected chi connectivity index (χ1v) is 9.47. The summed E-state index contributed by atoms with van der Waals surface area (Å²) < 4.78 is 18.9. The predicted molar refractivity (Wildman–Crippen MR) is 113 cm³/mol. The molecule has 0 saturated carbocycles. The summed E-state index contributed by atoms with van der Waals surface area (Å²) in [5.41, 5.74) is 1.99. The number of rotatable bonds is 5. The monoisotopic (exact) mass is 422 g/mol. The maximum Gasteiger partial charge on any atom is 0.333 e. The van der Waals surface area contributed by atoms with E-state index in [9.17, 15) is 14.0 Å². The highest BCUT2D eigenvalue weighted by Gasteiger charge is 2.34. The van der Waals surface area contributed by atoms with Crippen LogP contribution in [0.1, 0.15) is 11.1 Å². The van der Waals surface area contributed by atoms with Crippen molar-refractivity contribution in [3.63, 3.8) is 0 Å². The van der Waals surface area contributed by atoms with Gasteiger partial charge in [-0.25, -0.2) is 14.1 Å². The number of hydrogen-bond acceptors (Lipinski definition) is 3. The largest absolute Gasteiger partial charge is 0.489 e. The van der Waals surface area contributed by atoms with Crippen molar-refractivity contribution in [2.24, 2.45) is 0 Å². The van der Waals surface area contributed by atoms with E-state index >= 15 is 0 Å². The van der Waals surface area contributed by atoms with Crippen LogP contribution in [0, 0.1) is 5.82 Å². The van der Waals surface area contributed by atoms with Crippen LogP contribution in [-0.2, 0) is 11.4 Å². The highest BCUT2D eigenvalue weighted by Crippen LogP contribution is 2.25. The SMILES string of the molecule is O=C1N/C(=C/c2ccc(OCc3cccc(F)c3)cc2)C(=O)N1c1cccc(Cl)c1. The molecule has 1 aliphatic rings. The summed E-state index contributed by atoms with van der Waals surface area (Å²) in [5.74, 6) is -0.175. The first-order valence-electron chi connectivity index (χ1n) is 9.09. The van der Waals surface area contributed by atoms with Crippen LogP contribution in [-0.4, -0.2) is 11.9 Å². The van der Waals surface area contributed by atoms with Gasteiger partial charge in [0, 0.05) is 5.02 Å². The Morgan fingerprint density at radius 2 is 1.77 bits per heavy atom. The summed E-state index contributed by atoms with van der Waals surface area (Å²) in [4.78, 5) is 26.0. The molecule has 0 aromatic heterocycles. The number of imide groups is 1. The van der Waals surface area contributed by atoms with Crippen LogP contribution in [0.25, 0.3) is 6.08 Å². The van der Waals surface area contributed by atoms with Crippen molar-refractivity contribution < 1.29 is 18.7 Å². The van der Waals surface area contributed by atoms with Crippen molar-refractivity contribution >= 4 is 35.3 Å². The molecule has 3 aromatic rings. The van der Waals surface area contributed by atoms with E-state index in [1.807, 2.05) is 0 Å². The fourth-order valence-corrected chi connectivity index (χ4v) is 3.19. The van der Waals surface area contributed by atoms with E-state index in [4.69, 9.17) is 16.3 Å². The third-order valence-corrected chi connectivity index (χ3v) is 4.67. The Hall–Kier alpha value is -3.64. The molecular formula is C23H16ClFN2O3. The maximum absolute atomic E-state index is 13.2. The lowest BCUT2D eigenvalue weighted by Crippen LogP contribution is -2.30. The van der Waals surface area contributed by atoms with Crippen molar-refractivity contribution in [2.75, 3.05) is 4.90 Å². The quantitative estimate of drug-likeness (QED) is 0.456. The average Bonchev–Trinajstić information content (AvgIpc) is 3.00. The molecular weight excluding hydrogens is 407 g/mol. The van der Waals surface area contributed by atoms with Gasteiger partial charge in [0.05, 0.1) is 5.69 Å². The minimum Gasteiger partial charge on any atom is -0.489 e. The number of urea groups is 1. The molecule has 0 unspecified atom stereocenters. The first-order chi connectivity index (χ1) is 14.5. The third kappa shape index (κ3) is 4.34. The van der Waals surface area contributed by atoms with Gasteiger partial charge in [-0.15, -0.1) is 0 Å². The van der Waals surface area contributed by atoms with E-state index in [-0.39, 0.29) is 18.1 Å². The number of amides is 3. The van der Waals surface area contributed by atoms with Crippen LogP contribution in [0.15, 0.2) is 78.5 Å². The van der Waals surface area contributed by atoms with Crippen LogP contribution in [0.2, 0.25) is 5.02 Å². The second kappa shape index (κ2) is 8.39. The van der Waals surface area contributed by atoms with Gasteiger partial charge in [-0.05, 0) is 59.7 Å². The predicted octanol–water partition coefficient (Wildman–Crippen LogP) is 5.16. The molecule has 3 aromatic carbocycles. The number of carbonyl (C=O) groups is 2. The highest BCUT2D eigenvalue weighted by molar-refractivity contribution is 6.32. The number of carbonyl (C=O) groups excluding carboxylic acids is 2. The zero-order valence-electron chi connectivity index (χ0n) is 15.6. The molecule has 4 rings (SSSR count). The summed E-state index contributed by atoms with van der Waals surface area (Å²) in [6.45, 7) is 0.237. The topological polar surface area (TPSA) is 58.6 Å². The second-order valence-electron chi connectivity index (χ2n) is 6.60. The Balaban J connectivity index is 1.45. The summed E-state index contributed by atoms with van der Waals surface area (Å²) >= 11 is 5.96. The van der Waals surface area contributed by atoms with Crippen LogP contribution < -0.4 is 15.0 Å². The number of benzene rings is 3. The van der Waals surface area contributed by atoms with E-state index in [2.05, 4.69) is 5.32 Å². The molecule has 0 radical (unpaired) electrons. The maximum atomic E-state index is 13.2.